The van der Waals surface area contributed by atoms with Gasteiger partial charge < -0.3 is 39.3 Å². The minimum absolute atomic E-state index is 0.0972. The Morgan fingerprint density at radius 2 is 1.37 bits per heavy atom. The van der Waals surface area contributed by atoms with Gasteiger partial charge in [-0.3, -0.25) is 4.79 Å². The number of hydrogen-bond acceptors (Lipinski definition) is 11. The van der Waals surface area contributed by atoms with Gasteiger partial charge in [0.1, 0.15) is 12.1 Å². The van der Waals surface area contributed by atoms with E-state index in [2.05, 4.69) is 0 Å². The lowest BCUT2D eigenvalue weighted by Gasteiger charge is -2.31. The molecule has 0 amide bonds. The Labute approximate surface area is 222 Å². The van der Waals surface area contributed by atoms with Crippen LogP contribution in [0.1, 0.15) is 71.8 Å². The second-order valence-corrected chi connectivity index (χ2v) is 8.63. The maximum atomic E-state index is 12.2. The van der Waals surface area contributed by atoms with Gasteiger partial charge in [0.15, 0.2) is 11.5 Å². The molecule has 0 heterocycles. The fraction of sp³-hybridized carbons (Fsp3) is 0.615. The molecule has 0 aliphatic rings. The van der Waals surface area contributed by atoms with Crippen LogP contribution in [0, 0.1) is 5.92 Å². The van der Waals surface area contributed by atoms with Crippen molar-refractivity contribution in [1.82, 2.24) is 0 Å². The third-order valence-corrected chi connectivity index (χ3v) is 5.57. The van der Waals surface area contributed by atoms with E-state index < -0.39 is 48.4 Å². The van der Waals surface area contributed by atoms with Gasteiger partial charge >= 0.3 is 24.4 Å². The van der Waals surface area contributed by atoms with E-state index in [-0.39, 0.29) is 31.3 Å². The molecule has 0 aliphatic heterocycles. The summed E-state index contributed by atoms with van der Waals surface area (Å²) in [6.45, 7) is 9.23. The molecule has 0 aliphatic carbocycles. The van der Waals surface area contributed by atoms with E-state index in [0.29, 0.717) is 24.8 Å². The van der Waals surface area contributed by atoms with E-state index in [9.17, 15) is 24.3 Å². The number of carbonyl (C=O) groups is 4. The van der Waals surface area contributed by atoms with Gasteiger partial charge in [-0.15, -0.1) is 0 Å². The molecule has 0 aromatic heterocycles. The first kappa shape index (κ1) is 32.5. The molecule has 0 bridgehead atoms. The van der Waals surface area contributed by atoms with E-state index in [1.54, 1.807) is 20.8 Å². The Balaban J connectivity index is 3.32. The van der Waals surface area contributed by atoms with Crippen LogP contribution < -0.4 is 15.2 Å². The maximum absolute atomic E-state index is 12.2. The first-order valence-electron chi connectivity index (χ1n) is 12.7. The van der Waals surface area contributed by atoms with Crippen molar-refractivity contribution in [2.75, 3.05) is 19.8 Å². The van der Waals surface area contributed by atoms with Crippen molar-refractivity contribution in [2.24, 2.45) is 11.7 Å². The van der Waals surface area contributed by atoms with Crippen LogP contribution in [0.25, 0.3) is 0 Å². The van der Waals surface area contributed by atoms with Gasteiger partial charge in [-0.05, 0) is 43.9 Å². The molecule has 12 nitrogen and oxygen atoms in total. The minimum atomic E-state index is -1.42. The minimum Gasteiger partial charge on any atom is -0.480 e. The Hall–Kier alpha value is -3.54. The number of carboxylic acids is 1. The van der Waals surface area contributed by atoms with E-state index in [1.807, 2.05) is 13.8 Å². The normalized spacial score (nSPS) is 13.8. The van der Waals surface area contributed by atoms with Gasteiger partial charge in [0.05, 0.1) is 19.8 Å². The van der Waals surface area contributed by atoms with Crippen molar-refractivity contribution in [3.8, 4) is 11.5 Å². The SMILES string of the molecule is CCCCOC(=O)OC(C)C(C)C(c1ccc(OC(=O)OCCC)c(OC(=O)OCCC)c1)[C@H](N)C(=O)O. The monoisotopic (exact) mass is 541 g/mol. The summed E-state index contributed by atoms with van der Waals surface area (Å²) in [5, 5.41) is 9.69. The highest BCUT2D eigenvalue weighted by Gasteiger charge is 2.36. The largest absolute Gasteiger partial charge is 0.513 e. The second-order valence-electron chi connectivity index (χ2n) is 8.63. The zero-order chi connectivity index (χ0) is 28.7. The smallest absolute Gasteiger partial charge is 0.480 e. The molecule has 1 aromatic rings. The van der Waals surface area contributed by atoms with Gasteiger partial charge in [0.2, 0.25) is 0 Å². The number of nitrogens with two attached hydrogens (primary N) is 1. The second kappa shape index (κ2) is 17.1. The lowest BCUT2D eigenvalue weighted by atomic mass is 9.79. The van der Waals surface area contributed by atoms with Crippen LogP contribution >= 0.6 is 0 Å². The van der Waals surface area contributed by atoms with Crippen LogP contribution in [0.5, 0.6) is 11.5 Å². The van der Waals surface area contributed by atoms with Crippen molar-refractivity contribution >= 4 is 24.4 Å². The van der Waals surface area contributed by atoms with Crippen LogP contribution in [0.2, 0.25) is 0 Å². The number of hydrogen-bond donors (Lipinski definition) is 2. The fourth-order valence-corrected chi connectivity index (χ4v) is 3.38. The standard InChI is InChI=1S/C26H39NO11/c1-6-9-14-35-24(30)36-17(5)16(4)21(22(27)23(28)29)18-10-11-19(37-25(31)33-12-7-2)20(15-18)38-26(32)34-13-8-3/h10-11,15-17,21-22H,6-9,12-14,27H2,1-5H3,(H,28,29)/t16?,17?,21?,22-/m0/s1. The van der Waals surface area contributed by atoms with E-state index in [1.165, 1.54) is 18.2 Å². The first-order valence-corrected chi connectivity index (χ1v) is 12.7. The number of carboxylic acid groups (broad SMARTS) is 1. The van der Waals surface area contributed by atoms with Crippen LogP contribution in [0.3, 0.4) is 0 Å². The summed E-state index contributed by atoms with van der Waals surface area (Å²) >= 11 is 0. The molecule has 214 valence electrons. The van der Waals surface area contributed by atoms with Crippen molar-refractivity contribution < 1.29 is 52.7 Å². The average molecular weight is 542 g/mol. The molecule has 0 fully saturated rings. The molecule has 0 spiro atoms. The summed E-state index contributed by atoms with van der Waals surface area (Å²) in [6, 6.07) is 2.70. The topological polar surface area (TPSA) is 170 Å². The van der Waals surface area contributed by atoms with Crippen molar-refractivity contribution in [3.05, 3.63) is 23.8 Å². The zero-order valence-electron chi connectivity index (χ0n) is 22.6. The molecule has 1 aromatic carbocycles. The molecular formula is C26H39NO11. The van der Waals surface area contributed by atoms with Gasteiger partial charge in [0, 0.05) is 11.8 Å². The van der Waals surface area contributed by atoms with Crippen LogP contribution in [0.4, 0.5) is 14.4 Å². The summed E-state index contributed by atoms with van der Waals surface area (Å²) < 4.78 is 30.7. The van der Waals surface area contributed by atoms with Crippen LogP contribution in [-0.4, -0.2) is 61.5 Å². The van der Waals surface area contributed by atoms with Gasteiger partial charge in [0.25, 0.3) is 0 Å². The molecule has 3 N–H and O–H groups in total. The van der Waals surface area contributed by atoms with E-state index in [0.717, 1.165) is 6.42 Å². The number of carbonyl (C=O) groups excluding carboxylic acids is 3. The molecule has 12 heteroatoms. The molecule has 0 radical (unpaired) electrons. The average Bonchev–Trinajstić information content (AvgIpc) is 2.87. The lowest BCUT2D eigenvalue weighted by Crippen LogP contribution is -2.42. The fourth-order valence-electron chi connectivity index (χ4n) is 3.38. The number of benzene rings is 1. The summed E-state index contributed by atoms with van der Waals surface area (Å²) in [5.41, 5.74) is 6.37. The summed E-state index contributed by atoms with van der Waals surface area (Å²) in [7, 11) is 0. The Morgan fingerprint density at radius 3 is 1.89 bits per heavy atom. The summed E-state index contributed by atoms with van der Waals surface area (Å²) in [5.74, 6) is -3.20. The molecule has 0 saturated heterocycles. The number of aliphatic carboxylic acids is 1. The predicted molar refractivity (Wildman–Crippen MR) is 135 cm³/mol. The van der Waals surface area contributed by atoms with Gasteiger partial charge in [-0.2, -0.15) is 0 Å². The summed E-state index contributed by atoms with van der Waals surface area (Å²) in [4.78, 5) is 48.1. The van der Waals surface area contributed by atoms with Crippen molar-refractivity contribution in [2.45, 2.75) is 78.4 Å². The van der Waals surface area contributed by atoms with Crippen molar-refractivity contribution in [3.63, 3.8) is 0 Å². The third-order valence-electron chi connectivity index (χ3n) is 5.57. The zero-order valence-corrected chi connectivity index (χ0v) is 22.6. The lowest BCUT2D eigenvalue weighted by molar-refractivity contribution is -0.139. The summed E-state index contributed by atoms with van der Waals surface area (Å²) in [6.07, 6.45) is -1.10. The Kier molecular flexibility index (Phi) is 14.6. The molecule has 1 rings (SSSR count). The first-order chi connectivity index (χ1) is 18.0. The van der Waals surface area contributed by atoms with Crippen LogP contribution in [0.15, 0.2) is 18.2 Å². The number of ether oxygens (including phenoxy) is 6. The van der Waals surface area contributed by atoms with E-state index in [4.69, 9.17) is 34.2 Å². The van der Waals surface area contributed by atoms with Crippen molar-refractivity contribution in [1.29, 1.82) is 0 Å². The van der Waals surface area contributed by atoms with Crippen LogP contribution in [-0.2, 0) is 23.7 Å². The highest BCUT2D eigenvalue weighted by Crippen LogP contribution is 2.37. The van der Waals surface area contributed by atoms with E-state index >= 15 is 0 Å². The van der Waals surface area contributed by atoms with Gasteiger partial charge in [-0.1, -0.05) is 40.2 Å². The maximum Gasteiger partial charge on any atom is 0.513 e. The Bertz CT molecular complexity index is 920. The quantitative estimate of drug-likeness (QED) is 0.132. The molecule has 38 heavy (non-hydrogen) atoms. The Morgan fingerprint density at radius 1 is 0.816 bits per heavy atom. The molecule has 4 atom stereocenters. The van der Waals surface area contributed by atoms with Gasteiger partial charge in [-0.25, -0.2) is 14.4 Å². The molecule has 0 saturated carbocycles. The molecular weight excluding hydrogens is 502 g/mol. The highest BCUT2D eigenvalue weighted by atomic mass is 16.7. The number of unbranched alkanes of at least 4 members (excludes halogenated alkanes) is 1. The molecule has 3 unspecified atom stereocenters. The number of rotatable bonds is 15. The predicted octanol–water partition coefficient (Wildman–Crippen LogP) is 5.01. The highest BCUT2D eigenvalue weighted by molar-refractivity contribution is 5.75. The third kappa shape index (κ3) is 10.8.